The van der Waals surface area contributed by atoms with Crippen molar-refractivity contribution in [2.24, 2.45) is 5.41 Å². The number of sulfonamides is 1. The van der Waals surface area contributed by atoms with E-state index in [1.54, 1.807) is 36.7 Å². The topological polar surface area (TPSA) is 111 Å². The van der Waals surface area contributed by atoms with Gasteiger partial charge in [0.2, 0.25) is 10.0 Å². The summed E-state index contributed by atoms with van der Waals surface area (Å²) >= 11 is 0. The zero-order valence-electron chi connectivity index (χ0n) is 20.5. The first-order valence-corrected chi connectivity index (χ1v) is 14.1. The zero-order chi connectivity index (χ0) is 26.5. The number of hydrogen-bond acceptors (Lipinski definition) is 7. The van der Waals surface area contributed by atoms with Crippen LogP contribution in [0.1, 0.15) is 43.1 Å². The van der Waals surface area contributed by atoms with Gasteiger partial charge in [-0.15, -0.1) is 5.10 Å². The lowest BCUT2D eigenvalue weighted by molar-refractivity contribution is 0.334. The molecule has 0 radical (unpaired) electrons. The molecule has 0 amide bonds. The van der Waals surface area contributed by atoms with Gasteiger partial charge in [-0.3, -0.25) is 9.71 Å². The summed E-state index contributed by atoms with van der Waals surface area (Å²) in [5, 5.41) is 8.87. The first-order chi connectivity index (χ1) is 18.1. The molecular formula is C27H22F2N6O2S. The summed E-state index contributed by atoms with van der Waals surface area (Å²) in [4.78, 5) is 13.9. The fourth-order valence-electron chi connectivity index (χ4n) is 7.05. The molecule has 0 aliphatic heterocycles. The van der Waals surface area contributed by atoms with E-state index in [9.17, 15) is 17.2 Å². The highest BCUT2D eigenvalue weighted by molar-refractivity contribution is 7.92. The van der Waals surface area contributed by atoms with E-state index < -0.39 is 27.1 Å². The molecule has 3 aliphatic rings. The first-order valence-electron chi connectivity index (χ1n) is 12.2. The van der Waals surface area contributed by atoms with Crippen LogP contribution in [0.5, 0.6) is 0 Å². The Labute approximate surface area is 217 Å². The maximum atomic E-state index is 14.6. The van der Waals surface area contributed by atoms with Crippen LogP contribution in [-0.2, 0) is 20.9 Å². The molecular weight excluding hydrogens is 510 g/mol. The lowest BCUT2D eigenvalue weighted by Crippen LogP contribution is -2.35. The minimum absolute atomic E-state index is 0.149. The van der Waals surface area contributed by atoms with E-state index >= 15 is 0 Å². The Morgan fingerprint density at radius 3 is 2.42 bits per heavy atom. The Morgan fingerprint density at radius 1 is 0.921 bits per heavy atom. The molecule has 8 nitrogen and oxygen atoms in total. The summed E-state index contributed by atoms with van der Waals surface area (Å²) in [6, 6.07) is 10.6. The number of halogens is 2. The molecule has 7 rings (SSSR count). The quantitative estimate of drug-likeness (QED) is 0.406. The molecule has 2 saturated carbocycles. The summed E-state index contributed by atoms with van der Waals surface area (Å²) in [6.07, 6.45) is 7.02. The fourth-order valence-corrected chi connectivity index (χ4v) is 7.55. The molecule has 3 aliphatic carbocycles. The predicted octanol–water partition coefficient (Wildman–Crippen LogP) is 4.39. The number of pyridine rings is 1. The van der Waals surface area contributed by atoms with E-state index in [1.165, 1.54) is 18.2 Å². The molecule has 2 fully saturated rings. The second kappa shape index (κ2) is 7.37. The maximum absolute atomic E-state index is 14.6. The summed E-state index contributed by atoms with van der Waals surface area (Å²) in [6.45, 7) is 2.22. The number of fused-ring (bicyclic) bond motifs is 2. The van der Waals surface area contributed by atoms with Crippen LogP contribution in [0.3, 0.4) is 0 Å². The number of nitrogens with one attached hydrogen (secondary N) is 1. The monoisotopic (exact) mass is 532 g/mol. The van der Waals surface area contributed by atoms with Crippen molar-refractivity contribution < 1.29 is 17.2 Å². The van der Waals surface area contributed by atoms with Gasteiger partial charge in [0, 0.05) is 11.6 Å². The van der Waals surface area contributed by atoms with Crippen molar-refractivity contribution in [1.82, 2.24) is 25.1 Å². The minimum atomic E-state index is -3.49. The fraction of sp³-hybridized carbons (Fsp3) is 0.296. The van der Waals surface area contributed by atoms with Crippen LogP contribution in [0.4, 0.5) is 14.6 Å². The Balaban J connectivity index is 1.35. The normalized spacial score (nSPS) is 26.6. The van der Waals surface area contributed by atoms with Gasteiger partial charge in [0.05, 0.1) is 46.2 Å². The van der Waals surface area contributed by atoms with Crippen molar-refractivity contribution in [3.8, 4) is 22.6 Å². The average Bonchev–Trinajstić information content (AvgIpc) is 3.35. The molecule has 3 atom stereocenters. The Kier molecular flexibility index (Phi) is 4.52. The molecule has 11 heteroatoms. The number of aromatic nitrogens is 5. The molecule has 2 unspecified atom stereocenters. The smallest absolute Gasteiger partial charge is 0.230 e. The highest BCUT2D eigenvalue weighted by Crippen LogP contribution is 2.86. The van der Waals surface area contributed by atoms with E-state index in [1.807, 2.05) is 0 Å². The van der Waals surface area contributed by atoms with Crippen molar-refractivity contribution in [2.75, 3.05) is 11.0 Å². The second-order valence-electron chi connectivity index (χ2n) is 10.7. The summed E-state index contributed by atoms with van der Waals surface area (Å²) < 4.78 is 54.8. The maximum Gasteiger partial charge on any atom is 0.230 e. The van der Waals surface area contributed by atoms with Gasteiger partial charge < -0.3 is 0 Å². The van der Waals surface area contributed by atoms with E-state index in [-0.39, 0.29) is 27.9 Å². The van der Waals surface area contributed by atoms with Gasteiger partial charge in [-0.05, 0) is 60.6 Å². The van der Waals surface area contributed by atoms with Crippen LogP contribution in [-0.4, -0.2) is 39.8 Å². The van der Waals surface area contributed by atoms with Crippen LogP contribution in [0.15, 0.2) is 54.9 Å². The van der Waals surface area contributed by atoms with Crippen molar-refractivity contribution in [2.45, 2.75) is 37.0 Å². The Bertz CT molecular complexity index is 1760. The molecule has 1 N–H and O–H groups in total. The standard InChI is InChI=1S/C27H22F2N6O2S/c1-25-14-26(25)9-10-27(25,24-15(26)11-19(33-34-24)23-16(28)5-3-6-17(23)29)21-13-30-12-20(31-21)18-7-4-8-22(32-18)35-38(2,36)37/h3-8,11-13H,9-10,14H2,1-2H3,(H,32,35)/t25?,26?,27-/m0/s1. The SMILES string of the molecule is CC12CC13CC[C@]2(c1cncc(-c2cccc(NS(C)(=O)=O)n2)n1)c1nnc(-c2c(F)cccc2F)cc13. The van der Waals surface area contributed by atoms with E-state index in [2.05, 4.69) is 31.8 Å². The van der Waals surface area contributed by atoms with Crippen LogP contribution < -0.4 is 4.72 Å². The van der Waals surface area contributed by atoms with Crippen LogP contribution in [0.25, 0.3) is 22.6 Å². The molecule has 192 valence electrons. The van der Waals surface area contributed by atoms with Crippen LogP contribution in [0.2, 0.25) is 0 Å². The number of nitrogens with zero attached hydrogens (tertiary/aromatic N) is 5. The first kappa shape index (κ1) is 23.3. The summed E-state index contributed by atoms with van der Waals surface area (Å²) in [5.74, 6) is -1.16. The summed E-state index contributed by atoms with van der Waals surface area (Å²) in [5.41, 5.74) is 2.61. The molecule has 3 heterocycles. The van der Waals surface area contributed by atoms with Crippen LogP contribution >= 0.6 is 0 Å². The van der Waals surface area contributed by atoms with E-state index in [0.717, 1.165) is 42.5 Å². The Hall–Kier alpha value is -3.86. The second-order valence-corrected chi connectivity index (χ2v) is 12.4. The molecule has 0 saturated heterocycles. The van der Waals surface area contributed by atoms with Crippen LogP contribution in [0, 0.1) is 17.0 Å². The third-order valence-electron chi connectivity index (χ3n) is 8.76. The number of rotatable bonds is 5. The van der Waals surface area contributed by atoms with E-state index in [4.69, 9.17) is 4.98 Å². The number of hydrogen-bond donors (Lipinski definition) is 1. The molecule has 0 spiro atoms. The lowest BCUT2D eigenvalue weighted by atomic mass is 9.69. The van der Waals surface area contributed by atoms with Crippen molar-refractivity contribution >= 4 is 15.8 Å². The van der Waals surface area contributed by atoms with Gasteiger partial charge in [-0.2, -0.15) is 5.10 Å². The molecule has 38 heavy (non-hydrogen) atoms. The van der Waals surface area contributed by atoms with Crippen molar-refractivity contribution in [1.29, 1.82) is 0 Å². The highest BCUT2D eigenvalue weighted by Gasteiger charge is 2.84. The van der Waals surface area contributed by atoms with Crippen molar-refractivity contribution in [3.05, 3.63) is 83.4 Å². The third-order valence-corrected chi connectivity index (χ3v) is 9.34. The average molecular weight is 533 g/mol. The molecule has 3 aromatic heterocycles. The van der Waals surface area contributed by atoms with Gasteiger partial charge in [-0.1, -0.05) is 19.1 Å². The Morgan fingerprint density at radius 2 is 1.68 bits per heavy atom. The van der Waals surface area contributed by atoms with Gasteiger partial charge in [0.25, 0.3) is 0 Å². The number of benzene rings is 1. The third kappa shape index (κ3) is 2.93. The van der Waals surface area contributed by atoms with E-state index in [0.29, 0.717) is 11.4 Å². The lowest BCUT2D eigenvalue weighted by Gasteiger charge is -2.35. The molecule has 2 bridgehead atoms. The van der Waals surface area contributed by atoms with Gasteiger partial charge in [0.1, 0.15) is 23.1 Å². The molecule has 1 aromatic carbocycles. The highest BCUT2D eigenvalue weighted by atomic mass is 32.2. The predicted molar refractivity (Wildman–Crippen MR) is 136 cm³/mol. The van der Waals surface area contributed by atoms with Gasteiger partial charge in [0.15, 0.2) is 0 Å². The largest absolute Gasteiger partial charge is 0.268 e. The minimum Gasteiger partial charge on any atom is -0.268 e. The van der Waals surface area contributed by atoms with Gasteiger partial charge >= 0.3 is 0 Å². The number of anilines is 1. The molecule has 4 aromatic rings. The van der Waals surface area contributed by atoms with Gasteiger partial charge in [-0.25, -0.2) is 27.2 Å². The van der Waals surface area contributed by atoms with Crippen molar-refractivity contribution in [3.63, 3.8) is 0 Å². The zero-order valence-corrected chi connectivity index (χ0v) is 21.4. The summed E-state index contributed by atoms with van der Waals surface area (Å²) in [7, 11) is -3.49.